The molecular formula is C27H30N6O. The zero-order valence-electron chi connectivity index (χ0n) is 19.5. The number of imidazole rings is 1. The minimum absolute atomic E-state index is 0.114. The number of hydrogen-bond acceptors (Lipinski definition) is 5. The second-order valence-electron chi connectivity index (χ2n) is 9.09. The number of amides is 1. The van der Waals surface area contributed by atoms with Crippen molar-refractivity contribution in [1.82, 2.24) is 24.5 Å². The molecule has 34 heavy (non-hydrogen) atoms. The fraction of sp³-hybridized carbons (Fsp3) is 0.333. The Labute approximate surface area is 199 Å². The molecule has 1 fully saturated rings. The molecule has 1 amide bonds. The van der Waals surface area contributed by atoms with E-state index in [4.69, 9.17) is 0 Å². The summed E-state index contributed by atoms with van der Waals surface area (Å²) < 4.78 is 1.83. The Morgan fingerprint density at radius 3 is 2.94 bits per heavy atom. The molecule has 1 aliphatic rings. The third kappa shape index (κ3) is 5.09. The molecule has 7 nitrogen and oxygen atoms in total. The van der Waals surface area contributed by atoms with Gasteiger partial charge < -0.3 is 10.2 Å². The molecule has 0 saturated carbocycles. The molecule has 5 rings (SSSR count). The molecule has 0 aliphatic carbocycles. The van der Waals surface area contributed by atoms with Crippen LogP contribution in [-0.4, -0.2) is 43.5 Å². The lowest BCUT2D eigenvalue weighted by molar-refractivity contribution is 0.0760. The van der Waals surface area contributed by atoms with Gasteiger partial charge in [-0.05, 0) is 80.0 Å². The van der Waals surface area contributed by atoms with Gasteiger partial charge in [0, 0.05) is 55.7 Å². The van der Waals surface area contributed by atoms with Crippen LogP contribution in [0.5, 0.6) is 0 Å². The summed E-state index contributed by atoms with van der Waals surface area (Å²) in [6.45, 7) is 4.32. The molecule has 0 spiro atoms. The highest BCUT2D eigenvalue weighted by Crippen LogP contribution is 2.24. The van der Waals surface area contributed by atoms with Gasteiger partial charge in [-0.2, -0.15) is 5.10 Å². The molecule has 1 aromatic carbocycles. The van der Waals surface area contributed by atoms with E-state index in [0.717, 1.165) is 72.5 Å². The highest BCUT2D eigenvalue weighted by molar-refractivity contribution is 5.95. The second-order valence-corrected chi connectivity index (χ2v) is 9.09. The normalized spacial score (nSPS) is 16.4. The van der Waals surface area contributed by atoms with E-state index in [1.165, 1.54) is 0 Å². The highest BCUT2D eigenvalue weighted by atomic mass is 16.2. The number of nitrogens with one attached hydrogen (secondary N) is 1. The van der Waals surface area contributed by atoms with Gasteiger partial charge in [0.2, 0.25) is 0 Å². The molecule has 3 aromatic heterocycles. The SMILES string of the molecule is Cc1ccc(C(=O)N2CCC[C@@H](Cc3ccc4nccn4n3)CC2)cc1NCc1cccnc1. The van der Waals surface area contributed by atoms with Gasteiger partial charge in [0.05, 0.1) is 5.69 Å². The predicted octanol–water partition coefficient (Wildman–Crippen LogP) is 4.53. The van der Waals surface area contributed by atoms with Gasteiger partial charge in [0.15, 0.2) is 5.65 Å². The van der Waals surface area contributed by atoms with E-state index < -0.39 is 0 Å². The van der Waals surface area contributed by atoms with E-state index in [0.29, 0.717) is 12.5 Å². The molecule has 1 N–H and O–H groups in total. The van der Waals surface area contributed by atoms with Crippen molar-refractivity contribution in [2.75, 3.05) is 18.4 Å². The van der Waals surface area contributed by atoms with Crippen LogP contribution in [0.2, 0.25) is 0 Å². The van der Waals surface area contributed by atoms with Crippen LogP contribution in [0.3, 0.4) is 0 Å². The Hall–Kier alpha value is -3.74. The predicted molar refractivity (Wildman–Crippen MR) is 133 cm³/mol. The number of nitrogens with zero attached hydrogens (tertiary/aromatic N) is 5. The van der Waals surface area contributed by atoms with Gasteiger partial charge in [0.1, 0.15) is 0 Å². The van der Waals surface area contributed by atoms with Crippen molar-refractivity contribution in [3.63, 3.8) is 0 Å². The quantitative estimate of drug-likeness (QED) is 0.463. The summed E-state index contributed by atoms with van der Waals surface area (Å²) in [6, 6.07) is 14.0. The summed E-state index contributed by atoms with van der Waals surface area (Å²) in [5.74, 6) is 0.643. The largest absolute Gasteiger partial charge is 0.381 e. The van der Waals surface area contributed by atoms with Crippen molar-refractivity contribution in [2.24, 2.45) is 5.92 Å². The second kappa shape index (κ2) is 10.0. The molecule has 1 saturated heterocycles. The number of aryl methyl sites for hydroxylation is 1. The Kier molecular flexibility index (Phi) is 6.51. The summed E-state index contributed by atoms with van der Waals surface area (Å²) in [5, 5.41) is 8.14. The van der Waals surface area contributed by atoms with E-state index in [2.05, 4.69) is 33.4 Å². The summed E-state index contributed by atoms with van der Waals surface area (Å²) in [6.07, 6.45) is 11.3. The van der Waals surface area contributed by atoms with Crippen LogP contribution in [0.25, 0.3) is 5.65 Å². The Balaban J connectivity index is 1.21. The van der Waals surface area contributed by atoms with Crippen LogP contribution in [-0.2, 0) is 13.0 Å². The van der Waals surface area contributed by atoms with Crippen molar-refractivity contribution >= 4 is 17.2 Å². The lowest BCUT2D eigenvalue weighted by Gasteiger charge is -2.21. The fourth-order valence-corrected chi connectivity index (χ4v) is 4.66. The number of benzene rings is 1. The smallest absolute Gasteiger partial charge is 0.253 e. The van der Waals surface area contributed by atoms with E-state index in [1.54, 1.807) is 12.4 Å². The summed E-state index contributed by atoms with van der Waals surface area (Å²) in [4.78, 5) is 23.8. The molecule has 1 aliphatic heterocycles. The average molecular weight is 455 g/mol. The number of pyridine rings is 1. The van der Waals surface area contributed by atoms with Crippen LogP contribution in [0.15, 0.2) is 67.3 Å². The molecule has 174 valence electrons. The molecule has 7 heteroatoms. The number of likely N-dealkylation sites (tertiary alicyclic amines) is 1. The van der Waals surface area contributed by atoms with E-state index in [-0.39, 0.29) is 5.91 Å². The van der Waals surface area contributed by atoms with Gasteiger partial charge in [-0.25, -0.2) is 9.50 Å². The maximum Gasteiger partial charge on any atom is 0.253 e. The number of anilines is 1. The Bertz CT molecular complexity index is 1270. The number of carbonyl (C=O) groups is 1. The maximum absolute atomic E-state index is 13.3. The minimum Gasteiger partial charge on any atom is -0.381 e. The first-order valence-corrected chi connectivity index (χ1v) is 12.0. The average Bonchev–Trinajstić information content (AvgIpc) is 3.21. The molecular weight excluding hydrogens is 424 g/mol. The van der Waals surface area contributed by atoms with Crippen LogP contribution in [0, 0.1) is 12.8 Å². The van der Waals surface area contributed by atoms with Crippen molar-refractivity contribution in [3.05, 3.63) is 89.6 Å². The molecule has 4 aromatic rings. The first kappa shape index (κ1) is 22.1. The lowest BCUT2D eigenvalue weighted by atomic mass is 9.95. The minimum atomic E-state index is 0.114. The highest BCUT2D eigenvalue weighted by Gasteiger charge is 2.22. The molecule has 0 radical (unpaired) electrons. The van der Waals surface area contributed by atoms with E-state index in [9.17, 15) is 4.79 Å². The van der Waals surface area contributed by atoms with Gasteiger partial charge in [-0.15, -0.1) is 0 Å². The summed E-state index contributed by atoms with van der Waals surface area (Å²) >= 11 is 0. The molecule has 4 heterocycles. The van der Waals surface area contributed by atoms with Gasteiger partial charge in [-0.3, -0.25) is 9.78 Å². The third-order valence-corrected chi connectivity index (χ3v) is 6.63. The van der Waals surface area contributed by atoms with Crippen molar-refractivity contribution < 1.29 is 4.79 Å². The lowest BCUT2D eigenvalue weighted by Crippen LogP contribution is -2.32. The first-order valence-electron chi connectivity index (χ1n) is 12.0. The Morgan fingerprint density at radius 1 is 1.12 bits per heavy atom. The van der Waals surface area contributed by atoms with Crippen molar-refractivity contribution in [3.8, 4) is 0 Å². The number of carbonyl (C=O) groups excluding carboxylic acids is 1. The summed E-state index contributed by atoms with van der Waals surface area (Å²) in [7, 11) is 0. The van der Waals surface area contributed by atoms with Gasteiger partial charge >= 0.3 is 0 Å². The molecule has 0 unspecified atom stereocenters. The topological polar surface area (TPSA) is 75.4 Å². The van der Waals surface area contributed by atoms with Gasteiger partial charge in [-0.1, -0.05) is 12.1 Å². The van der Waals surface area contributed by atoms with Crippen molar-refractivity contribution in [2.45, 2.75) is 39.2 Å². The number of fused-ring (bicyclic) bond motifs is 1. The van der Waals surface area contributed by atoms with E-state index in [1.807, 2.05) is 58.2 Å². The van der Waals surface area contributed by atoms with Gasteiger partial charge in [0.25, 0.3) is 5.91 Å². The molecule has 1 atom stereocenters. The van der Waals surface area contributed by atoms with Crippen LogP contribution in [0.4, 0.5) is 5.69 Å². The number of aromatic nitrogens is 4. The molecule has 0 bridgehead atoms. The first-order chi connectivity index (χ1) is 16.7. The summed E-state index contributed by atoms with van der Waals surface area (Å²) in [5.41, 5.74) is 5.91. The number of rotatable bonds is 6. The van der Waals surface area contributed by atoms with Crippen LogP contribution >= 0.6 is 0 Å². The van der Waals surface area contributed by atoms with Crippen LogP contribution in [0.1, 0.15) is 46.4 Å². The standard InChI is InChI=1S/C27H30N6O/c1-20-6-7-23(17-25(20)30-19-22-4-2-11-28-18-22)27(34)32-13-3-5-21(10-14-32)16-24-8-9-26-29-12-15-33(26)31-24/h2,4,6-9,11-12,15,17-18,21,30H,3,5,10,13-14,16,19H2,1H3/t21-/m1/s1. The monoisotopic (exact) mass is 454 g/mol. The third-order valence-electron chi connectivity index (χ3n) is 6.63. The zero-order valence-corrected chi connectivity index (χ0v) is 19.5. The van der Waals surface area contributed by atoms with Crippen LogP contribution < -0.4 is 5.32 Å². The van der Waals surface area contributed by atoms with Crippen molar-refractivity contribution in [1.29, 1.82) is 0 Å². The maximum atomic E-state index is 13.3. The fourth-order valence-electron chi connectivity index (χ4n) is 4.66. The van der Waals surface area contributed by atoms with E-state index >= 15 is 0 Å². The Morgan fingerprint density at radius 2 is 2.06 bits per heavy atom. The zero-order chi connectivity index (χ0) is 23.3. The number of hydrogen-bond donors (Lipinski definition) is 1.